The van der Waals surface area contributed by atoms with Crippen molar-refractivity contribution in [1.82, 2.24) is 15.5 Å². The average Bonchev–Trinajstić information content (AvgIpc) is 2.95. The summed E-state index contributed by atoms with van der Waals surface area (Å²) in [6, 6.07) is -0.671. The smallest absolute Gasteiger partial charge is 0.262 e. The van der Waals surface area contributed by atoms with E-state index in [4.69, 9.17) is 0 Å². The molecule has 0 radical (unpaired) electrons. The highest BCUT2D eigenvalue weighted by Gasteiger charge is 2.43. The average molecular weight is 343 g/mol. The maximum atomic E-state index is 13.2. The van der Waals surface area contributed by atoms with Crippen molar-refractivity contribution in [3.05, 3.63) is 0 Å². The van der Waals surface area contributed by atoms with E-state index in [0.717, 1.165) is 25.7 Å². The normalized spacial score (nSPS) is 28.8. The Hall–Kier alpha value is -1.24. The molecule has 2 N–H and O–H groups in total. The molecule has 0 aromatic carbocycles. The molecule has 136 valence electrons. The fourth-order valence-corrected chi connectivity index (χ4v) is 4.04. The van der Waals surface area contributed by atoms with Crippen molar-refractivity contribution in [3.63, 3.8) is 0 Å². The van der Waals surface area contributed by atoms with Crippen molar-refractivity contribution >= 4 is 11.8 Å². The van der Waals surface area contributed by atoms with Crippen LogP contribution in [0.2, 0.25) is 0 Å². The number of nitrogens with zero attached hydrogens (tertiary/aromatic N) is 1. The summed E-state index contributed by atoms with van der Waals surface area (Å²) in [6.07, 6.45) is 6.42. The summed E-state index contributed by atoms with van der Waals surface area (Å²) < 4.78 is 26.4. The third-order valence-electron chi connectivity index (χ3n) is 5.54. The van der Waals surface area contributed by atoms with Gasteiger partial charge in [-0.15, -0.1) is 0 Å². The number of piperidine rings is 1. The van der Waals surface area contributed by atoms with Gasteiger partial charge in [-0.25, -0.2) is 8.78 Å². The third-order valence-corrected chi connectivity index (χ3v) is 5.54. The lowest BCUT2D eigenvalue weighted by atomic mass is 9.88. The van der Waals surface area contributed by atoms with Crippen LogP contribution in [0, 0.1) is 5.92 Å². The quantitative estimate of drug-likeness (QED) is 0.819. The zero-order valence-corrected chi connectivity index (χ0v) is 14.0. The zero-order valence-electron chi connectivity index (χ0n) is 14.0. The topological polar surface area (TPSA) is 61.4 Å². The van der Waals surface area contributed by atoms with Gasteiger partial charge in [0.25, 0.3) is 5.92 Å². The Balaban J connectivity index is 1.42. The first-order valence-electron chi connectivity index (χ1n) is 9.15. The van der Waals surface area contributed by atoms with Crippen LogP contribution in [0.15, 0.2) is 0 Å². The predicted octanol–water partition coefficient (Wildman–Crippen LogP) is 1.67. The van der Waals surface area contributed by atoms with E-state index >= 15 is 0 Å². The van der Waals surface area contributed by atoms with Crippen molar-refractivity contribution < 1.29 is 18.4 Å². The Morgan fingerprint density at radius 3 is 2.29 bits per heavy atom. The molecule has 1 atom stereocenters. The molecule has 3 fully saturated rings. The minimum absolute atomic E-state index is 0.0986. The SMILES string of the molecule is O=C(NC1CCN(C(=O)C2CC(F)(F)CN2)CC1)C1CCCCC1. The fourth-order valence-electron chi connectivity index (χ4n) is 4.04. The van der Waals surface area contributed by atoms with Crippen molar-refractivity contribution in [2.45, 2.75) is 69.4 Å². The molecular weight excluding hydrogens is 316 g/mol. The Kier molecular flexibility index (Phi) is 5.37. The van der Waals surface area contributed by atoms with E-state index in [1.165, 1.54) is 6.42 Å². The van der Waals surface area contributed by atoms with E-state index in [9.17, 15) is 18.4 Å². The molecule has 24 heavy (non-hydrogen) atoms. The van der Waals surface area contributed by atoms with Crippen LogP contribution in [0.5, 0.6) is 0 Å². The van der Waals surface area contributed by atoms with E-state index in [1.54, 1.807) is 4.90 Å². The van der Waals surface area contributed by atoms with Gasteiger partial charge in [0.1, 0.15) is 0 Å². The van der Waals surface area contributed by atoms with E-state index < -0.39 is 24.9 Å². The van der Waals surface area contributed by atoms with Crippen LogP contribution in [0.1, 0.15) is 51.4 Å². The standard InChI is InChI=1S/C17H27F2N3O2/c18-17(19)10-14(20-11-17)16(24)22-8-6-13(7-9-22)21-15(23)12-4-2-1-3-5-12/h12-14,20H,1-11H2,(H,21,23). The first kappa shape index (κ1) is 17.6. The molecule has 1 aliphatic carbocycles. The fraction of sp³-hybridized carbons (Fsp3) is 0.882. The molecule has 0 spiro atoms. The molecule has 3 rings (SSSR count). The van der Waals surface area contributed by atoms with Crippen molar-refractivity contribution in [1.29, 1.82) is 0 Å². The Morgan fingerprint density at radius 2 is 1.71 bits per heavy atom. The molecule has 3 aliphatic rings. The van der Waals surface area contributed by atoms with Crippen LogP contribution in [0.4, 0.5) is 8.78 Å². The predicted molar refractivity (Wildman–Crippen MR) is 85.7 cm³/mol. The summed E-state index contributed by atoms with van der Waals surface area (Å²) in [7, 11) is 0. The first-order chi connectivity index (χ1) is 11.4. The molecular formula is C17H27F2N3O2. The van der Waals surface area contributed by atoms with Crippen LogP contribution in [-0.2, 0) is 9.59 Å². The Bertz CT molecular complexity index is 472. The van der Waals surface area contributed by atoms with Crippen LogP contribution in [0.25, 0.3) is 0 Å². The van der Waals surface area contributed by atoms with E-state index in [2.05, 4.69) is 10.6 Å². The highest BCUT2D eigenvalue weighted by atomic mass is 19.3. The van der Waals surface area contributed by atoms with Gasteiger partial charge in [0, 0.05) is 31.5 Å². The number of hydrogen-bond donors (Lipinski definition) is 2. The lowest BCUT2D eigenvalue weighted by Crippen LogP contribution is -2.51. The number of carbonyl (C=O) groups excluding carboxylic acids is 2. The maximum absolute atomic E-state index is 13.2. The van der Waals surface area contributed by atoms with E-state index in [-0.39, 0.29) is 23.8 Å². The maximum Gasteiger partial charge on any atom is 0.262 e. The van der Waals surface area contributed by atoms with E-state index in [1.807, 2.05) is 0 Å². The first-order valence-corrected chi connectivity index (χ1v) is 9.15. The molecule has 2 aliphatic heterocycles. The van der Waals surface area contributed by atoms with Gasteiger partial charge in [-0.1, -0.05) is 19.3 Å². The van der Waals surface area contributed by atoms with Gasteiger partial charge in [0.2, 0.25) is 11.8 Å². The lowest BCUT2D eigenvalue weighted by molar-refractivity contribution is -0.135. The number of nitrogens with one attached hydrogen (secondary N) is 2. The minimum atomic E-state index is -2.79. The molecule has 5 nitrogen and oxygen atoms in total. The van der Waals surface area contributed by atoms with Crippen molar-refractivity contribution in [3.8, 4) is 0 Å². The molecule has 1 saturated carbocycles. The second-order valence-electron chi connectivity index (χ2n) is 7.44. The van der Waals surface area contributed by atoms with Gasteiger partial charge in [-0.3, -0.25) is 14.9 Å². The molecule has 0 bridgehead atoms. The largest absolute Gasteiger partial charge is 0.353 e. The summed E-state index contributed by atoms with van der Waals surface area (Å²) in [6.45, 7) is 0.633. The molecule has 1 unspecified atom stereocenters. The van der Waals surface area contributed by atoms with E-state index in [0.29, 0.717) is 25.9 Å². The molecule has 2 heterocycles. The lowest BCUT2D eigenvalue weighted by Gasteiger charge is -2.34. The van der Waals surface area contributed by atoms with Crippen LogP contribution >= 0.6 is 0 Å². The van der Waals surface area contributed by atoms with Gasteiger partial charge < -0.3 is 10.2 Å². The van der Waals surface area contributed by atoms with Gasteiger partial charge in [0.15, 0.2) is 0 Å². The van der Waals surface area contributed by atoms with Crippen LogP contribution in [-0.4, -0.2) is 54.4 Å². The zero-order chi connectivity index (χ0) is 17.2. The summed E-state index contributed by atoms with van der Waals surface area (Å²) in [5, 5.41) is 5.74. The Morgan fingerprint density at radius 1 is 1.04 bits per heavy atom. The number of rotatable bonds is 3. The van der Waals surface area contributed by atoms with Gasteiger partial charge in [0.05, 0.1) is 12.6 Å². The monoisotopic (exact) mass is 343 g/mol. The number of hydrogen-bond acceptors (Lipinski definition) is 3. The number of alkyl halides is 2. The molecule has 7 heteroatoms. The molecule has 2 amide bonds. The highest BCUT2D eigenvalue weighted by molar-refractivity contribution is 5.82. The number of carbonyl (C=O) groups is 2. The summed E-state index contributed by atoms with van der Waals surface area (Å²) >= 11 is 0. The summed E-state index contributed by atoms with van der Waals surface area (Å²) in [5.74, 6) is -2.73. The van der Waals surface area contributed by atoms with Crippen molar-refractivity contribution in [2.75, 3.05) is 19.6 Å². The number of likely N-dealkylation sites (tertiary alicyclic amines) is 1. The second kappa shape index (κ2) is 7.33. The Labute approximate surface area is 141 Å². The number of halogens is 2. The van der Waals surface area contributed by atoms with Crippen LogP contribution in [0.3, 0.4) is 0 Å². The summed E-state index contributed by atoms with van der Waals surface area (Å²) in [5.41, 5.74) is 0. The molecule has 0 aromatic rings. The molecule has 0 aromatic heterocycles. The van der Waals surface area contributed by atoms with Gasteiger partial charge in [-0.2, -0.15) is 0 Å². The second-order valence-corrected chi connectivity index (χ2v) is 7.44. The highest BCUT2D eigenvalue weighted by Crippen LogP contribution is 2.27. The van der Waals surface area contributed by atoms with Crippen molar-refractivity contribution in [2.24, 2.45) is 5.92 Å². The molecule has 2 saturated heterocycles. The number of amides is 2. The third kappa shape index (κ3) is 4.23. The van der Waals surface area contributed by atoms with Gasteiger partial charge in [-0.05, 0) is 25.7 Å². The van der Waals surface area contributed by atoms with Crippen LogP contribution < -0.4 is 10.6 Å². The minimum Gasteiger partial charge on any atom is -0.353 e. The van der Waals surface area contributed by atoms with Gasteiger partial charge >= 0.3 is 0 Å². The summed E-state index contributed by atoms with van der Waals surface area (Å²) in [4.78, 5) is 26.2.